The molecular formula is C31H31Cl2N3O4. The Kier molecular flexibility index (Phi) is 6.56. The van der Waals surface area contributed by atoms with Crippen molar-refractivity contribution in [2.45, 2.75) is 44.3 Å². The van der Waals surface area contributed by atoms with E-state index >= 15 is 0 Å². The van der Waals surface area contributed by atoms with Crippen molar-refractivity contribution in [2.75, 3.05) is 25.1 Å². The van der Waals surface area contributed by atoms with Gasteiger partial charge in [-0.3, -0.25) is 0 Å². The molecular weight excluding hydrogens is 549 g/mol. The van der Waals surface area contributed by atoms with Crippen molar-refractivity contribution in [3.8, 4) is 11.3 Å². The Labute approximate surface area is 242 Å². The average molecular weight is 581 g/mol. The lowest BCUT2D eigenvalue weighted by molar-refractivity contribution is 0.0403. The second-order valence-electron chi connectivity index (χ2n) is 11.4. The fraction of sp³-hybridized carbons (Fsp3) is 0.419. The van der Waals surface area contributed by atoms with E-state index in [-0.39, 0.29) is 12.1 Å². The summed E-state index contributed by atoms with van der Waals surface area (Å²) >= 11 is 13.1. The van der Waals surface area contributed by atoms with Crippen LogP contribution in [0.3, 0.4) is 0 Å². The number of carbonyl (C=O) groups is 1. The standard InChI is InChI=1S/C31H31Cl2N3O4/c1-35-15-23(31(37)38-2)22-9-8-20(12-27(22)35)36-13-18-10-21(11-19(18)14-36)39-16-24-29(34-40-30(24)17-6-7-17)28-25(32)4-3-5-26(28)33/h3-5,8-9,12,15,17-19,21H,6-7,10-11,13-14,16H2,1-2H3/t18-,19+,21?. The molecule has 3 heterocycles. The predicted molar refractivity (Wildman–Crippen MR) is 155 cm³/mol. The Morgan fingerprint density at radius 3 is 2.50 bits per heavy atom. The molecule has 3 atom stereocenters. The van der Waals surface area contributed by atoms with E-state index in [1.807, 2.05) is 42.1 Å². The summed E-state index contributed by atoms with van der Waals surface area (Å²) in [6.45, 7) is 2.46. The van der Waals surface area contributed by atoms with Crippen LogP contribution in [-0.2, 0) is 23.1 Å². The zero-order chi connectivity index (χ0) is 27.5. The van der Waals surface area contributed by atoms with E-state index < -0.39 is 0 Å². The lowest BCUT2D eigenvalue weighted by Crippen LogP contribution is -2.23. The number of halogens is 2. The maximum atomic E-state index is 12.2. The van der Waals surface area contributed by atoms with Crippen LogP contribution in [0.25, 0.3) is 22.2 Å². The second kappa shape index (κ2) is 10.1. The van der Waals surface area contributed by atoms with Gasteiger partial charge >= 0.3 is 5.97 Å². The number of benzene rings is 2. The number of methoxy groups -OCH3 is 1. The number of hydrogen-bond donors (Lipinski definition) is 0. The highest BCUT2D eigenvalue weighted by molar-refractivity contribution is 6.39. The number of anilines is 1. The fourth-order valence-electron chi connectivity index (χ4n) is 6.68. The number of esters is 1. The van der Waals surface area contributed by atoms with Gasteiger partial charge in [0, 0.05) is 54.5 Å². The molecule has 208 valence electrons. The Balaban J connectivity index is 1.04. The topological polar surface area (TPSA) is 69.7 Å². The van der Waals surface area contributed by atoms with E-state index in [2.05, 4.69) is 22.2 Å². The van der Waals surface area contributed by atoms with Crippen LogP contribution in [-0.4, -0.2) is 42.0 Å². The van der Waals surface area contributed by atoms with E-state index in [9.17, 15) is 4.79 Å². The number of hydrogen-bond acceptors (Lipinski definition) is 6. The summed E-state index contributed by atoms with van der Waals surface area (Å²) in [5.41, 5.74) is 5.23. The summed E-state index contributed by atoms with van der Waals surface area (Å²) in [7, 11) is 3.38. The number of nitrogens with zero attached hydrogens (tertiary/aromatic N) is 3. The van der Waals surface area contributed by atoms with Crippen LogP contribution >= 0.6 is 23.2 Å². The van der Waals surface area contributed by atoms with Crippen molar-refractivity contribution in [2.24, 2.45) is 18.9 Å². The third-order valence-electron chi connectivity index (χ3n) is 8.88. The summed E-state index contributed by atoms with van der Waals surface area (Å²) in [5, 5.41) is 6.45. The van der Waals surface area contributed by atoms with E-state index in [0.29, 0.717) is 51.2 Å². The first-order valence-electron chi connectivity index (χ1n) is 13.9. The molecule has 2 aliphatic carbocycles. The second-order valence-corrected chi connectivity index (χ2v) is 12.2. The number of fused-ring (bicyclic) bond motifs is 2. The van der Waals surface area contributed by atoms with Crippen molar-refractivity contribution < 1.29 is 18.8 Å². The molecule has 0 amide bonds. The number of carbonyl (C=O) groups excluding carboxylic acids is 1. The van der Waals surface area contributed by atoms with Gasteiger partial charge in [-0.1, -0.05) is 34.4 Å². The number of rotatable bonds is 7. The summed E-state index contributed by atoms with van der Waals surface area (Å²) < 4.78 is 19.3. The third-order valence-corrected chi connectivity index (χ3v) is 9.51. The Morgan fingerprint density at radius 2 is 1.82 bits per heavy atom. The van der Waals surface area contributed by atoms with Crippen LogP contribution in [0.15, 0.2) is 47.1 Å². The van der Waals surface area contributed by atoms with Gasteiger partial charge in [0.25, 0.3) is 0 Å². The molecule has 9 heteroatoms. The summed E-state index contributed by atoms with van der Waals surface area (Å²) in [4.78, 5) is 14.6. The molecule has 1 unspecified atom stereocenters. The van der Waals surface area contributed by atoms with Gasteiger partial charge in [-0.05, 0) is 67.9 Å². The smallest absolute Gasteiger partial charge is 0.340 e. The molecule has 2 saturated carbocycles. The molecule has 40 heavy (non-hydrogen) atoms. The first-order chi connectivity index (χ1) is 19.4. The minimum absolute atomic E-state index is 0.201. The highest BCUT2D eigenvalue weighted by Gasteiger charge is 2.42. The summed E-state index contributed by atoms with van der Waals surface area (Å²) in [6.07, 6.45) is 6.33. The first-order valence-corrected chi connectivity index (χ1v) is 14.6. The van der Waals surface area contributed by atoms with E-state index in [1.54, 1.807) is 0 Å². The Morgan fingerprint density at radius 1 is 1.10 bits per heavy atom. The van der Waals surface area contributed by atoms with Gasteiger partial charge < -0.3 is 23.5 Å². The molecule has 0 N–H and O–H groups in total. The predicted octanol–water partition coefficient (Wildman–Crippen LogP) is 7.24. The molecule has 7 nitrogen and oxygen atoms in total. The Hall–Kier alpha value is -3.00. The molecule has 0 bridgehead atoms. The highest BCUT2D eigenvalue weighted by Crippen LogP contribution is 2.47. The van der Waals surface area contributed by atoms with Crippen molar-refractivity contribution in [1.29, 1.82) is 0 Å². The average Bonchev–Trinajstić information content (AvgIpc) is 3.24. The molecule has 3 aliphatic rings. The van der Waals surface area contributed by atoms with E-state index in [0.717, 1.165) is 61.0 Å². The molecule has 1 aliphatic heterocycles. The van der Waals surface area contributed by atoms with Gasteiger partial charge in [0.15, 0.2) is 0 Å². The van der Waals surface area contributed by atoms with Crippen molar-refractivity contribution in [3.05, 3.63) is 69.5 Å². The lowest BCUT2D eigenvalue weighted by Gasteiger charge is -2.22. The zero-order valence-corrected chi connectivity index (χ0v) is 24.0. The highest BCUT2D eigenvalue weighted by atomic mass is 35.5. The minimum atomic E-state index is -0.308. The van der Waals surface area contributed by atoms with Crippen LogP contribution < -0.4 is 4.90 Å². The normalized spacial score (nSPS) is 22.3. The first kappa shape index (κ1) is 25.9. The number of aromatic nitrogens is 2. The Bertz CT molecular complexity index is 1570. The maximum Gasteiger partial charge on any atom is 0.340 e. The van der Waals surface area contributed by atoms with Gasteiger partial charge in [0.05, 0.1) is 40.9 Å². The summed E-state index contributed by atoms with van der Waals surface area (Å²) in [5.74, 6) is 2.19. The monoisotopic (exact) mass is 579 g/mol. The molecule has 1 saturated heterocycles. The molecule has 0 radical (unpaired) electrons. The molecule has 4 aromatic rings. The van der Waals surface area contributed by atoms with E-state index in [4.69, 9.17) is 37.2 Å². The van der Waals surface area contributed by atoms with Crippen LogP contribution in [0.2, 0.25) is 10.0 Å². The quantitative estimate of drug-likeness (QED) is 0.215. The molecule has 7 rings (SSSR count). The SMILES string of the molecule is COC(=O)c1cn(C)c2cc(N3C[C@H]4CC(OCc5c(-c6c(Cl)cccc6Cl)noc5C5CC5)C[C@H]4C3)ccc12. The van der Waals surface area contributed by atoms with Gasteiger partial charge in [0.2, 0.25) is 0 Å². The van der Waals surface area contributed by atoms with Crippen molar-refractivity contribution >= 4 is 45.8 Å². The molecule has 2 aromatic carbocycles. The third kappa shape index (κ3) is 4.48. The van der Waals surface area contributed by atoms with Gasteiger partial charge in [-0.25, -0.2) is 4.79 Å². The van der Waals surface area contributed by atoms with Gasteiger partial charge in [0.1, 0.15) is 11.5 Å². The fourth-order valence-corrected chi connectivity index (χ4v) is 7.26. The molecule has 0 spiro atoms. The maximum absolute atomic E-state index is 12.2. The zero-order valence-electron chi connectivity index (χ0n) is 22.5. The minimum Gasteiger partial charge on any atom is -0.465 e. The lowest BCUT2D eigenvalue weighted by atomic mass is 10.0. The number of ether oxygens (including phenoxy) is 2. The molecule has 3 fully saturated rings. The van der Waals surface area contributed by atoms with Gasteiger partial charge in [-0.15, -0.1) is 0 Å². The van der Waals surface area contributed by atoms with Crippen LogP contribution in [0, 0.1) is 11.8 Å². The largest absolute Gasteiger partial charge is 0.465 e. The molecule has 2 aromatic heterocycles. The number of aryl methyl sites for hydroxylation is 1. The van der Waals surface area contributed by atoms with Crippen molar-refractivity contribution in [3.63, 3.8) is 0 Å². The van der Waals surface area contributed by atoms with Gasteiger partial charge in [-0.2, -0.15) is 0 Å². The summed E-state index contributed by atoms with van der Waals surface area (Å²) in [6, 6.07) is 11.8. The van der Waals surface area contributed by atoms with Crippen LogP contribution in [0.1, 0.15) is 53.3 Å². The van der Waals surface area contributed by atoms with Crippen LogP contribution in [0.4, 0.5) is 5.69 Å². The van der Waals surface area contributed by atoms with Crippen molar-refractivity contribution in [1.82, 2.24) is 9.72 Å². The van der Waals surface area contributed by atoms with E-state index in [1.165, 1.54) is 12.8 Å². The van der Waals surface area contributed by atoms with Crippen LogP contribution in [0.5, 0.6) is 0 Å².